The van der Waals surface area contributed by atoms with Gasteiger partial charge < -0.3 is 19.4 Å². The van der Waals surface area contributed by atoms with Crippen molar-refractivity contribution in [1.29, 1.82) is 0 Å². The highest BCUT2D eigenvalue weighted by atomic mass is 16.5. The van der Waals surface area contributed by atoms with Crippen LogP contribution < -0.4 is 0 Å². The van der Waals surface area contributed by atoms with Crippen LogP contribution in [0.2, 0.25) is 0 Å². The van der Waals surface area contributed by atoms with Crippen LogP contribution in [-0.4, -0.2) is 46.1 Å². The van der Waals surface area contributed by atoms with Gasteiger partial charge in [0.25, 0.3) is 0 Å². The fourth-order valence-electron chi connectivity index (χ4n) is 9.73. The number of esters is 2. The summed E-state index contributed by atoms with van der Waals surface area (Å²) in [6.07, 6.45) is 22.3. The number of aromatic amines is 2. The first-order valence-electron chi connectivity index (χ1n) is 24.5. The predicted octanol–water partition coefficient (Wildman–Crippen LogP) is 14.5. The number of rotatable bonds is 23. The van der Waals surface area contributed by atoms with Crippen molar-refractivity contribution in [3.05, 3.63) is 93.6 Å². The number of carbonyl (C=O) groups is 2. The molecule has 0 amide bonds. The van der Waals surface area contributed by atoms with Crippen molar-refractivity contribution in [1.82, 2.24) is 19.9 Å². The second kappa shape index (κ2) is 23.3. The summed E-state index contributed by atoms with van der Waals surface area (Å²) in [7, 11) is 2.94. The molecule has 3 aromatic heterocycles. The molecule has 64 heavy (non-hydrogen) atoms. The van der Waals surface area contributed by atoms with E-state index >= 15 is 0 Å². The maximum absolute atomic E-state index is 11.5. The van der Waals surface area contributed by atoms with Gasteiger partial charge in [0.05, 0.1) is 31.3 Å². The second-order valence-electron chi connectivity index (χ2n) is 19.2. The molecule has 0 unspecified atom stereocenters. The van der Waals surface area contributed by atoms with Gasteiger partial charge in [-0.3, -0.25) is 14.6 Å². The number of ether oxygens (including phenoxy) is 2. The smallest absolute Gasteiger partial charge is 0.305 e. The lowest BCUT2D eigenvalue weighted by molar-refractivity contribution is -0.141. The highest BCUT2D eigenvalue weighted by Gasteiger charge is 2.32. The second-order valence-corrected chi connectivity index (χ2v) is 19.2. The number of aromatic nitrogens is 4. The first-order valence-corrected chi connectivity index (χ1v) is 24.5. The molecule has 5 heterocycles. The maximum Gasteiger partial charge on any atom is 0.305 e. The van der Waals surface area contributed by atoms with E-state index in [1.165, 1.54) is 123 Å². The van der Waals surface area contributed by atoms with Crippen molar-refractivity contribution in [3.63, 3.8) is 0 Å². The highest BCUT2D eigenvalue weighted by molar-refractivity contribution is 5.96. The lowest BCUT2D eigenvalue weighted by Crippen LogP contribution is -2.15. The highest BCUT2D eigenvalue weighted by Crippen LogP contribution is 2.41. The number of aryl methyl sites for hydroxylation is 4. The molecule has 0 radical (unpaired) electrons. The van der Waals surface area contributed by atoms with Crippen molar-refractivity contribution in [2.24, 2.45) is 0 Å². The van der Waals surface area contributed by atoms with Crippen molar-refractivity contribution in [2.45, 2.75) is 182 Å². The third kappa shape index (κ3) is 12.4. The van der Waals surface area contributed by atoms with Crippen LogP contribution in [0.3, 0.4) is 0 Å². The van der Waals surface area contributed by atoms with E-state index in [4.69, 9.17) is 19.4 Å². The van der Waals surface area contributed by atoms with Crippen LogP contribution in [-0.2, 0) is 43.7 Å². The number of allylic oxidation sites excluding steroid dienone is 2. The zero-order chi connectivity index (χ0) is 45.6. The van der Waals surface area contributed by atoms with Gasteiger partial charge in [-0.2, -0.15) is 0 Å². The van der Waals surface area contributed by atoms with Gasteiger partial charge in [0.2, 0.25) is 0 Å². The molecule has 4 aromatic rings. The zero-order valence-corrected chi connectivity index (χ0v) is 40.5. The van der Waals surface area contributed by atoms with Crippen molar-refractivity contribution < 1.29 is 19.1 Å². The van der Waals surface area contributed by atoms with Crippen LogP contribution in [0.5, 0.6) is 0 Å². The van der Waals surface area contributed by atoms with Crippen molar-refractivity contribution >= 4 is 45.2 Å². The third-order valence-electron chi connectivity index (χ3n) is 14.0. The summed E-state index contributed by atoms with van der Waals surface area (Å²) in [4.78, 5) is 41.8. The number of hydrogen-bond acceptors (Lipinski definition) is 6. The van der Waals surface area contributed by atoms with E-state index in [9.17, 15) is 9.59 Å². The van der Waals surface area contributed by atoms with Gasteiger partial charge in [0.1, 0.15) is 0 Å². The van der Waals surface area contributed by atoms with E-state index in [1.807, 2.05) is 0 Å². The van der Waals surface area contributed by atoms with Crippen LogP contribution in [0.15, 0.2) is 48.5 Å². The number of carbonyl (C=O) groups excluding carboxylic acids is 2. The molecule has 0 saturated heterocycles. The average Bonchev–Trinajstić information content (AvgIpc) is 3.94. The molecule has 2 N–H and O–H groups in total. The number of unbranched alkanes of at least 4 members (excludes halogenated alkanes) is 14. The van der Waals surface area contributed by atoms with E-state index in [1.54, 1.807) is 0 Å². The average molecular weight is 869 g/mol. The van der Waals surface area contributed by atoms with Crippen LogP contribution in [0.4, 0.5) is 0 Å². The molecule has 344 valence electrons. The third-order valence-corrected chi connectivity index (χ3v) is 14.0. The monoisotopic (exact) mass is 869 g/mol. The number of fused-ring (bicyclic) bond motifs is 8. The van der Waals surface area contributed by atoms with Gasteiger partial charge in [0, 0.05) is 58.0 Å². The fourth-order valence-corrected chi connectivity index (χ4v) is 9.73. The Morgan fingerprint density at radius 1 is 0.578 bits per heavy atom. The molecular weight excluding hydrogens is 793 g/mol. The van der Waals surface area contributed by atoms with Gasteiger partial charge in [-0.25, -0.2) is 4.98 Å². The quantitative estimate of drug-likeness (QED) is 0.0567. The molecule has 8 heteroatoms. The van der Waals surface area contributed by atoms with E-state index in [0.29, 0.717) is 12.8 Å². The maximum atomic E-state index is 11.5. The summed E-state index contributed by atoms with van der Waals surface area (Å²) in [6.45, 7) is 13.7. The fraction of sp³-hybridized carbons (Fsp3) is 0.536. The molecule has 8 bridgehead atoms. The largest absolute Gasteiger partial charge is 0.469 e. The Morgan fingerprint density at radius 3 is 1.55 bits per heavy atom. The minimum Gasteiger partial charge on any atom is -0.469 e. The van der Waals surface area contributed by atoms with Crippen LogP contribution >= 0.6 is 0 Å². The summed E-state index contributed by atoms with van der Waals surface area (Å²) in [5, 5.41) is 0. The van der Waals surface area contributed by atoms with Crippen LogP contribution in [0.25, 0.3) is 44.3 Å². The van der Waals surface area contributed by atoms with E-state index < -0.39 is 0 Å². The Bertz CT molecular complexity index is 2420. The Kier molecular flexibility index (Phi) is 17.6. The first kappa shape index (κ1) is 48.5. The number of methoxy groups -OCH3 is 2. The van der Waals surface area contributed by atoms with Gasteiger partial charge in [-0.1, -0.05) is 121 Å². The normalized spacial score (nSPS) is 13.4. The first-order chi connectivity index (χ1) is 30.9. The topological polar surface area (TPSA) is 110 Å². The lowest BCUT2D eigenvalue weighted by atomic mass is 9.85. The molecule has 2 aliphatic heterocycles. The molecule has 6 rings (SSSR count). The standard InChI is InChI=1S/C56H76N4O4/c1-38-39(2)55-54(42-28-22-21-23-29-42)50-37-56(5,6)51(59-50)36-47-41(4)44(31-25-18-14-10-12-16-20-27-33-53(62)64-8)49(58-47)35-48-43(40(3)46(57-48)34-45(38)60-55)30-24-17-13-9-11-15-19-26-32-52(61)63-7/h21-23,28-29,34-36,57-58H,9-20,24-27,30-33,37H2,1-8H3. The molecule has 1 aromatic carbocycles. The number of hydrogen-bond donors (Lipinski definition) is 2. The Hall–Kier alpha value is -4.98. The van der Waals surface area contributed by atoms with E-state index in [0.717, 1.165) is 103 Å². The number of nitrogens with one attached hydrogen (secondary N) is 2. The number of H-pyrrole nitrogens is 2. The lowest BCUT2D eigenvalue weighted by Gasteiger charge is -2.17. The minimum absolute atomic E-state index is 0.102. The molecule has 2 aliphatic rings. The minimum atomic E-state index is -0.155. The summed E-state index contributed by atoms with van der Waals surface area (Å²) in [6, 6.07) is 17.8. The van der Waals surface area contributed by atoms with Gasteiger partial charge in [-0.05, 0) is 123 Å². The van der Waals surface area contributed by atoms with E-state index in [-0.39, 0.29) is 17.4 Å². The molecule has 0 spiro atoms. The molecular formula is C56H76N4O4. The van der Waals surface area contributed by atoms with Crippen LogP contribution in [0, 0.1) is 13.8 Å². The summed E-state index contributed by atoms with van der Waals surface area (Å²) in [5.74, 6) is -0.205. The molecule has 0 fully saturated rings. The molecule has 8 nitrogen and oxygen atoms in total. The Balaban J connectivity index is 1.35. The van der Waals surface area contributed by atoms with Crippen LogP contribution in [0.1, 0.15) is 188 Å². The zero-order valence-electron chi connectivity index (χ0n) is 40.5. The summed E-state index contributed by atoms with van der Waals surface area (Å²) < 4.78 is 9.59. The summed E-state index contributed by atoms with van der Waals surface area (Å²) >= 11 is 0. The SMILES string of the molecule is COC(=O)CCCCCCCCCCc1c(C)c2cc3nc(c(-c4ccccc4)c4nc(cc5[nH]c(cc1[nH]2)c(CCCCCCCCCCC(=O)OC)c5C)C(C)(C)C4)C(C)=C3C. The number of nitrogens with zero attached hydrogens (tertiary/aromatic N) is 2. The molecule has 0 saturated carbocycles. The van der Waals surface area contributed by atoms with Gasteiger partial charge in [-0.15, -0.1) is 0 Å². The van der Waals surface area contributed by atoms with E-state index in [2.05, 4.69) is 100 Å². The van der Waals surface area contributed by atoms with Gasteiger partial charge >= 0.3 is 11.9 Å². The predicted molar refractivity (Wildman–Crippen MR) is 265 cm³/mol. The number of benzene rings is 1. The summed E-state index contributed by atoms with van der Waals surface area (Å²) in [5.41, 5.74) is 18.9. The molecule has 0 aliphatic carbocycles. The van der Waals surface area contributed by atoms with Crippen molar-refractivity contribution in [3.8, 4) is 11.1 Å². The van der Waals surface area contributed by atoms with Gasteiger partial charge in [0.15, 0.2) is 0 Å². The Labute approximate surface area is 383 Å². The Morgan fingerprint density at radius 2 is 1.05 bits per heavy atom. The molecule has 0 atom stereocenters. The van der Waals surface area contributed by atoms with Crippen molar-refractivity contribution in [2.75, 3.05) is 14.2 Å².